The molecule has 0 atom stereocenters. The molecule has 3 heteroatoms. The van der Waals surface area contributed by atoms with Crippen LogP contribution in [0.4, 0.5) is 0 Å². The van der Waals surface area contributed by atoms with Crippen LogP contribution in [0.5, 0.6) is 0 Å². The number of halogens is 1. The van der Waals surface area contributed by atoms with Gasteiger partial charge in [0, 0.05) is 18.0 Å². The predicted octanol–water partition coefficient (Wildman–Crippen LogP) is 3.78. The van der Waals surface area contributed by atoms with Crippen LogP contribution in [0.2, 0.25) is 0 Å². The fourth-order valence-corrected chi connectivity index (χ4v) is 1.86. The second kappa shape index (κ2) is 4.74. The zero-order valence-corrected chi connectivity index (χ0v) is 11.0. The fraction of sp³-hybridized carbons (Fsp3) is 0.231. The topological polar surface area (TPSA) is 25.8 Å². The first-order chi connectivity index (χ1) is 7.69. The first-order valence-corrected chi connectivity index (χ1v) is 6.07. The molecule has 0 saturated heterocycles. The van der Waals surface area contributed by atoms with Crippen molar-refractivity contribution in [2.75, 3.05) is 0 Å². The van der Waals surface area contributed by atoms with E-state index in [-0.39, 0.29) is 0 Å². The maximum absolute atomic E-state index is 4.31. The van der Waals surface area contributed by atoms with Gasteiger partial charge in [-0.15, -0.1) is 0 Å². The van der Waals surface area contributed by atoms with Crippen molar-refractivity contribution in [2.24, 2.45) is 0 Å². The van der Waals surface area contributed by atoms with Gasteiger partial charge in [-0.3, -0.25) is 0 Å². The highest BCUT2D eigenvalue weighted by Gasteiger charge is 2.03. The molecule has 0 aliphatic heterocycles. The molecule has 2 nitrogen and oxygen atoms in total. The molecule has 0 amide bonds. The van der Waals surface area contributed by atoms with E-state index < -0.39 is 0 Å². The number of rotatable bonds is 2. The first-order valence-electron chi connectivity index (χ1n) is 5.27. The minimum Gasteiger partial charge on any atom is -0.235 e. The number of nitrogens with zero attached hydrogens (tertiary/aromatic N) is 2. The highest BCUT2D eigenvalue weighted by atomic mass is 79.9. The normalized spacial score (nSPS) is 10.4. The Labute approximate surface area is 104 Å². The van der Waals surface area contributed by atoms with Crippen molar-refractivity contribution in [2.45, 2.75) is 20.3 Å². The van der Waals surface area contributed by atoms with Gasteiger partial charge >= 0.3 is 0 Å². The van der Waals surface area contributed by atoms with E-state index in [0.29, 0.717) is 0 Å². The Hall–Kier alpha value is -1.22. The van der Waals surface area contributed by atoms with Gasteiger partial charge in [0.05, 0.1) is 4.47 Å². The van der Waals surface area contributed by atoms with Crippen LogP contribution in [0.25, 0.3) is 11.4 Å². The quantitative estimate of drug-likeness (QED) is 0.834. The molecule has 1 heterocycles. The Bertz CT molecular complexity index is 492. The number of aromatic nitrogens is 2. The van der Waals surface area contributed by atoms with Gasteiger partial charge in [0.25, 0.3) is 0 Å². The monoisotopic (exact) mass is 276 g/mol. The van der Waals surface area contributed by atoms with Crippen LogP contribution in [-0.4, -0.2) is 9.97 Å². The average Bonchev–Trinajstić information content (AvgIpc) is 2.29. The zero-order valence-electron chi connectivity index (χ0n) is 9.37. The first kappa shape index (κ1) is 11.3. The number of hydrogen-bond acceptors (Lipinski definition) is 2. The summed E-state index contributed by atoms with van der Waals surface area (Å²) in [5.74, 6) is 0.779. The van der Waals surface area contributed by atoms with Crippen LogP contribution in [0.3, 0.4) is 0 Å². The summed E-state index contributed by atoms with van der Waals surface area (Å²) in [5.41, 5.74) is 3.66. The van der Waals surface area contributed by atoms with E-state index >= 15 is 0 Å². The summed E-state index contributed by atoms with van der Waals surface area (Å²) in [5, 5.41) is 0. The largest absolute Gasteiger partial charge is 0.235 e. The van der Waals surface area contributed by atoms with Crippen molar-refractivity contribution in [3.05, 3.63) is 46.2 Å². The predicted molar refractivity (Wildman–Crippen MR) is 69.3 cm³/mol. The van der Waals surface area contributed by atoms with Crippen LogP contribution < -0.4 is 0 Å². The molecular formula is C13H13BrN2. The Kier molecular flexibility index (Phi) is 3.34. The Morgan fingerprint density at radius 3 is 2.44 bits per heavy atom. The van der Waals surface area contributed by atoms with Crippen molar-refractivity contribution in [3.63, 3.8) is 0 Å². The van der Waals surface area contributed by atoms with Crippen molar-refractivity contribution in [1.29, 1.82) is 0 Å². The number of hydrogen-bond donors (Lipinski definition) is 0. The van der Waals surface area contributed by atoms with Gasteiger partial charge in [0.15, 0.2) is 5.82 Å². The molecule has 16 heavy (non-hydrogen) atoms. The van der Waals surface area contributed by atoms with E-state index in [9.17, 15) is 0 Å². The summed E-state index contributed by atoms with van der Waals surface area (Å²) in [6.07, 6.45) is 4.58. The van der Waals surface area contributed by atoms with Crippen LogP contribution in [0.15, 0.2) is 35.1 Å². The Morgan fingerprint density at radius 1 is 1.12 bits per heavy atom. The van der Waals surface area contributed by atoms with Gasteiger partial charge in [-0.1, -0.05) is 18.6 Å². The van der Waals surface area contributed by atoms with Crippen molar-refractivity contribution >= 4 is 15.9 Å². The molecule has 0 spiro atoms. The fourth-order valence-electron chi connectivity index (χ4n) is 1.66. The maximum atomic E-state index is 4.31. The van der Waals surface area contributed by atoms with Gasteiger partial charge in [-0.05, 0) is 47.0 Å². The van der Waals surface area contributed by atoms with Gasteiger partial charge in [0.2, 0.25) is 0 Å². The standard InChI is InChI=1S/C13H13BrN2/c1-3-10-4-9(2)5-11(6-10)13-15-7-12(14)8-16-13/h4-8H,3H2,1-2H3. The average molecular weight is 277 g/mol. The molecule has 1 aromatic carbocycles. The SMILES string of the molecule is CCc1cc(C)cc(-c2ncc(Br)cn2)c1. The van der Waals surface area contributed by atoms with E-state index in [1.807, 2.05) is 0 Å². The highest BCUT2D eigenvalue weighted by Crippen LogP contribution is 2.19. The molecule has 0 aliphatic rings. The van der Waals surface area contributed by atoms with Crippen LogP contribution >= 0.6 is 15.9 Å². The van der Waals surface area contributed by atoms with Crippen molar-refractivity contribution < 1.29 is 0 Å². The number of aryl methyl sites for hydroxylation is 2. The second-order valence-electron chi connectivity index (χ2n) is 3.79. The molecule has 82 valence electrons. The lowest BCUT2D eigenvalue weighted by Gasteiger charge is -2.05. The van der Waals surface area contributed by atoms with Crippen LogP contribution in [0, 0.1) is 6.92 Å². The molecule has 2 aromatic rings. The molecule has 2 rings (SSSR count). The van der Waals surface area contributed by atoms with Crippen LogP contribution in [0.1, 0.15) is 18.1 Å². The van der Waals surface area contributed by atoms with Gasteiger partial charge in [-0.25, -0.2) is 9.97 Å². The van der Waals surface area contributed by atoms with E-state index in [0.717, 1.165) is 22.3 Å². The molecule has 0 fully saturated rings. The maximum Gasteiger partial charge on any atom is 0.159 e. The van der Waals surface area contributed by atoms with Crippen molar-refractivity contribution in [1.82, 2.24) is 9.97 Å². The minimum atomic E-state index is 0.779. The Morgan fingerprint density at radius 2 is 1.81 bits per heavy atom. The summed E-state index contributed by atoms with van der Waals surface area (Å²) >= 11 is 3.34. The molecule has 0 radical (unpaired) electrons. The lowest BCUT2D eigenvalue weighted by molar-refractivity contribution is 1.12. The summed E-state index contributed by atoms with van der Waals surface area (Å²) in [6.45, 7) is 4.25. The molecular weight excluding hydrogens is 264 g/mol. The van der Waals surface area contributed by atoms with E-state index in [1.54, 1.807) is 12.4 Å². The lowest BCUT2D eigenvalue weighted by Crippen LogP contribution is -1.91. The van der Waals surface area contributed by atoms with Gasteiger partial charge < -0.3 is 0 Å². The lowest BCUT2D eigenvalue weighted by atomic mass is 10.0. The summed E-state index contributed by atoms with van der Waals surface area (Å²) in [4.78, 5) is 8.61. The van der Waals surface area contributed by atoms with Gasteiger partial charge in [-0.2, -0.15) is 0 Å². The smallest absolute Gasteiger partial charge is 0.159 e. The molecule has 0 unspecified atom stereocenters. The zero-order chi connectivity index (χ0) is 11.5. The molecule has 1 aromatic heterocycles. The molecule has 0 bridgehead atoms. The summed E-state index contributed by atoms with van der Waals surface area (Å²) in [7, 11) is 0. The summed E-state index contributed by atoms with van der Waals surface area (Å²) in [6, 6.07) is 6.46. The third-order valence-electron chi connectivity index (χ3n) is 2.42. The minimum absolute atomic E-state index is 0.779. The molecule has 0 N–H and O–H groups in total. The Balaban J connectivity index is 2.47. The van der Waals surface area contributed by atoms with E-state index in [2.05, 4.69) is 57.9 Å². The van der Waals surface area contributed by atoms with E-state index in [1.165, 1.54) is 11.1 Å². The third kappa shape index (κ3) is 2.47. The van der Waals surface area contributed by atoms with Crippen LogP contribution in [-0.2, 0) is 6.42 Å². The van der Waals surface area contributed by atoms with E-state index in [4.69, 9.17) is 0 Å². The van der Waals surface area contributed by atoms with Gasteiger partial charge in [0.1, 0.15) is 0 Å². The number of benzene rings is 1. The third-order valence-corrected chi connectivity index (χ3v) is 2.83. The second-order valence-corrected chi connectivity index (χ2v) is 4.70. The summed E-state index contributed by atoms with van der Waals surface area (Å²) < 4.78 is 0.902. The highest BCUT2D eigenvalue weighted by molar-refractivity contribution is 9.10. The molecule has 0 aliphatic carbocycles. The molecule has 0 saturated carbocycles. The van der Waals surface area contributed by atoms with Crippen molar-refractivity contribution in [3.8, 4) is 11.4 Å².